The number of aromatic nitrogens is 8. The van der Waals surface area contributed by atoms with E-state index in [1.54, 1.807) is 24.3 Å². The van der Waals surface area contributed by atoms with Gasteiger partial charge in [-0.25, -0.2) is 29.5 Å². The summed E-state index contributed by atoms with van der Waals surface area (Å²) in [6.45, 7) is 34.2. The van der Waals surface area contributed by atoms with Crippen LogP contribution in [0.25, 0.3) is 160 Å². The van der Waals surface area contributed by atoms with Crippen LogP contribution in [-0.2, 0) is 43.7 Å². The maximum Gasteiger partial charge on any atom is 2.00 e. The molecule has 2 N–H and O–H groups in total. The minimum Gasteiger partial charge on any atom is -0.870 e. The number of carbonyl (C=O) groups excluding carboxylic acids is 1. The molecule has 137 heavy (non-hydrogen) atoms. The van der Waals surface area contributed by atoms with Crippen molar-refractivity contribution < 1.29 is 93.4 Å². The summed E-state index contributed by atoms with van der Waals surface area (Å²) in [5.74, 6) is -1.38. The molecule has 0 atom stereocenters. The van der Waals surface area contributed by atoms with Crippen molar-refractivity contribution in [3.8, 4) is 66.8 Å². The van der Waals surface area contributed by atoms with Gasteiger partial charge in [0.05, 0.1) is 75.2 Å². The van der Waals surface area contributed by atoms with Crippen LogP contribution < -0.4 is 59.3 Å². The van der Waals surface area contributed by atoms with E-state index in [9.17, 15) is 14.7 Å². The van der Waals surface area contributed by atoms with Gasteiger partial charge in [0.2, 0.25) is 0 Å². The zero-order chi connectivity index (χ0) is 92.6. The Morgan fingerprint density at radius 1 is 0.255 bits per heavy atom. The Labute approximate surface area is 847 Å². The topological polar surface area (TPSA) is 208 Å². The van der Waals surface area contributed by atoms with Gasteiger partial charge >= 0.3 is 80.5 Å². The van der Waals surface area contributed by atoms with E-state index in [0.29, 0.717) is 16.8 Å². The summed E-state index contributed by atoms with van der Waals surface area (Å²) in [6.07, 6.45) is 16.8. The summed E-state index contributed by atoms with van der Waals surface area (Å²) in [6, 6.07) is 83.5. The molecule has 0 radical (unpaired) electrons. The van der Waals surface area contributed by atoms with E-state index >= 15 is 0 Å². The number of fused-ring (bicyclic) bond motifs is 16. The molecule has 0 saturated heterocycles. The van der Waals surface area contributed by atoms with E-state index < -0.39 is 11.9 Å². The molecule has 10 heterocycles. The van der Waals surface area contributed by atoms with Gasteiger partial charge in [0, 0.05) is 22.7 Å². The number of hydrogen-bond acceptors (Lipinski definition) is 10. The molecule has 18 heteroatoms. The zero-order valence-corrected chi connectivity index (χ0v) is 88.7. The molecule has 6 aromatic heterocycles. The van der Waals surface area contributed by atoms with Crippen molar-refractivity contribution >= 4 is 139 Å². The fourth-order valence-corrected chi connectivity index (χ4v) is 19.8. The standard InChI is InChI=1S/C60H52N5O2.C59H50N5O2.Na.H2O.2Zn/c1-34-10-18-44(19-11-34)65(45-20-12-35(2)13-21-45)59-52-28-26-50(63-52)57(54-38(5)30-36(3)31-39(54)6)48-24-22-46(61-48)56(42-14-16-43(17-15-42)60(66)67-9)47-23-25-49(62-47)58(51-27-29-53(59)64-51)55-40(7)32-37(4)33-41(55)8;1-33-9-17-43(18-10-33)64(44-19-11-34(2)12-20-44)58-51-27-25-49(62-51)56(53-37(5)29-35(3)30-38(53)6)47-23-21-45(60-47)55(41-13-15-42(16-14-41)59(65)66)46-22-24-48(61-46)57(50-26-28-52(58)63-50)54-39(7)31-36(4)32-40(54)8;;;;/h10-33H,1-9H3,(H-,61,62,63,64,66);9-32H,1-8H3,(H2-,60,61,62,63,65,66);;1H2;;/q2*-1;+1;;2*+2/p-3. The molecular formula is C119H101N10NaO5Zn2. The van der Waals surface area contributed by atoms with Crippen molar-refractivity contribution in [1.82, 2.24) is 39.9 Å². The molecule has 0 aliphatic carbocycles. The van der Waals surface area contributed by atoms with Crippen LogP contribution in [0.3, 0.4) is 0 Å². The number of carbonyl (C=O) groups is 2. The second-order valence-electron chi connectivity index (χ2n) is 35.7. The summed E-state index contributed by atoms with van der Waals surface area (Å²) in [5.41, 5.74) is 48.4. The van der Waals surface area contributed by atoms with Gasteiger partial charge in [0.25, 0.3) is 0 Å². The minimum atomic E-state index is -0.984. The molecule has 20 rings (SSSR count). The first-order valence-electron chi connectivity index (χ1n) is 45.0. The van der Waals surface area contributed by atoms with Crippen molar-refractivity contribution in [3.05, 3.63) is 388 Å². The third-order valence-electron chi connectivity index (χ3n) is 25.5. The van der Waals surface area contributed by atoms with Gasteiger partial charge in [-0.15, -0.1) is 44.1 Å². The fourth-order valence-electron chi connectivity index (χ4n) is 19.8. The van der Waals surface area contributed by atoms with Crippen molar-refractivity contribution in [1.29, 1.82) is 0 Å². The SMILES string of the molecule is COC(=O)c1ccc(-c2c3nc(c(-c4c(C)cc(C)cc4C)c4ccc([n-]4)c(N(c4ccc(C)cc4)c4ccc(C)cc4)c4nc(c(-c5c(C)cc(C)cc5C)c5ccc2[n-]5)C=C4)C=C3)cc1.Cc1ccc(N(c2ccc(C)cc2)c2c3nc(c(-c4c(C)cc(C)cc4C)c4ccc([n-]4)c(-c4ccc(C(=O)O)cc4)c4nc(c(-c5c(C)cc(C)cc5C)c5ccc2[n-]5)C=C4)C=C3)cc1.[Na+].[OH-].[Zn+2].[Zn+2]. The first-order valence-corrected chi connectivity index (χ1v) is 45.0. The number of benzene rings is 10. The molecule has 0 spiro atoms. The number of hydrogen-bond donors (Lipinski definition) is 1. The molecule has 16 bridgehead atoms. The Morgan fingerprint density at radius 2 is 0.460 bits per heavy atom. The van der Waals surface area contributed by atoms with Crippen LogP contribution in [0, 0.1) is 111 Å². The van der Waals surface area contributed by atoms with Crippen LogP contribution in [-0.4, -0.2) is 49.6 Å². The molecule has 16 aromatic rings. The summed E-state index contributed by atoms with van der Waals surface area (Å²) >= 11 is 0. The van der Waals surface area contributed by atoms with Gasteiger partial charge in [-0.3, -0.25) is 0 Å². The third-order valence-corrected chi connectivity index (χ3v) is 25.5. The molecule has 0 fully saturated rings. The van der Waals surface area contributed by atoms with E-state index in [2.05, 4.69) is 351 Å². The largest absolute Gasteiger partial charge is 2.00 e. The van der Waals surface area contributed by atoms with Gasteiger partial charge < -0.3 is 45.1 Å². The van der Waals surface area contributed by atoms with Crippen LogP contribution in [0.5, 0.6) is 0 Å². The van der Waals surface area contributed by atoms with Crippen molar-refractivity contribution in [3.63, 3.8) is 0 Å². The number of ether oxygens (including phenoxy) is 1. The van der Waals surface area contributed by atoms with E-state index in [4.69, 9.17) is 44.6 Å². The Bertz CT molecular complexity index is 7720. The maximum absolute atomic E-state index is 12.6. The number of anilines is 6. The minimum absolute atomic E-state index is 0. The predicted molar refractivity (Wildman–Crippen MR) is 552 cm³/mol. The molecule has 0 saturated carbocycles. The number of aryl methyl sites for hydroxylation is 16. The van der Waals surface area contributed by atoms with Crippen molar-refractivity contribution in [2.24, 2.45) is 0 Å². The molecule has 4 aliphatic heterocycles. The summed E-state index contributed by atoms with van der Waals surface area (Å²) in [7, 11) is 1.40. The van der Waals surface area contributed by atoms with Gasteiger partial charge in [-0.2, -0.15) is 0 Å². The Balaban J connectivity index is 0.000000202. The van der Waals surface area contributed by atoms with Crippen LogP contribution in [0.15, 0.2) is 243 Å². The number of carboxylic acids is 1. The van der Waals surface area contributed by atoms with E-state index in [-0.39, 0.29) is 79.6 Å². The molecule has 10 aromatic carbocycles. The average molecular weight is 1900 g/mol. The second-order valence-corrected chi connectivity index (χ2v) is 35.7. The molecule has 4 aliphatic rings. The molecule has 0 unspecified atom stereocenters. The van der Waals surface area contributed by atoms with Gasteiger partial charge in [0.1, 0.15) is 0 Å². The first kappa shape index (κ1) is 97.7. The second kappa shape index (κ2) is 40.2. The van der Waals surface area contributed by atoms with Crippen molar-refractivity contribution in [2.75, 3.05) is 16.9 Å². The predicted octanol–water partition coefficient (Wildman–Crippen LogP) is 26.0. The summed E-state index contributed by atoms with van der Waals surface area (Å²) < 4.78 is 5.07. The number of nitrogens with zero attached hydrogens (tertiary/aromatic N) is 10. The summed E-state index contributed by atoms with van der Waals surface area (Å²) in [5, 5.41) is 9.85. The van der Waals surface area contributed by atoms with Gasteiger partial charge in [-0.05, 0) is 343 Å². The zero-order valence-electron chi connectivity index (χ0n) is 80.7. The first-order chi connectivity index (χ1) is 64.1. The van der Waals surface area contributed by atoms with E-state index in [1.807, 2.05) is 36.4 Å². The van der Waals surface area contributed by atoms with Gasteiger partial charge in [0.15, 0.2) is 0 Å². The average Bonchev–Trinajstić information content (AvgIpc) is 1.55. The van der Waals surface area contributed by atoms with Crippen LogP contribution in [0.2, 0.25) is 0 Å². The fraction of sp³-hybridized carbons (Fsp3) is 0.143. The number of aromatic carboxylic acids is 1. The Hall–Kier alpha value is -13.9. The number of carboxylic acid groups (broad SMARTS) is 1. The normalized spacial score (nSPS) is 11.6. The third kappa shape index (κ3) is 19.1. The van der Waals surface area contributed by atoms with Crippen LogP contribution >= 0.6 is 0 Å². The maximum atomic E-state index is 12.6. The Morgan fingerprint density at radius 3 is 0.701 bits per heavy atom. The monoisotopic (exact) mass is 1900 g/mol. The number of methoxy groups -OCH3 is 1. The van der Waals surface area contributed by atoms with E-state index in [1.165, 1.54) is 51.6 Å². The summed E-state index contributed by atoms with van der Waals surface area (Å²) in [4.78, 5) is 73.7. The number of rotatable bonds is 14. The van der Waals surface area contributed by atoms with Crippen LogP contribution in [0.4, 0.5) is 34.1 Å². The smallest absolute Gasteiger partial charge is 0.870 e. The quantitative estimate of drug-likeness (QED) is 0.0793. The van der Waals surface area contributed by atoms with E-state index in [0.717, 1.165) is 224 Å². The van der Waals surface area contributed by atoms with Crippen LogP contribution in [0.1, 0.15) is 155 Å². The van der Waals surface area contributed by atoms with Gasteiger partial charge in [-0.1, -0.05) is 214 Å². The molecule has 15 nitrogen and oxygen atoms in total. The Kier molecular flexibility index (Phi) is 28.7. The molecule has 0 amide bonds. The number of esters is 1. The molecular weight excluding hydrogens is 1800 g/mol. The molecule has 662 valence electrons. The van der Waals surface area contributed by atoms with Crippen molar-refractivity contribution in [2.45, 2.75) is 111 Å².